The van der Waals surface area contributed by atoms with Crippen LogP contribution in [-0.4, -0.2) is 28.1 Å². The van der Waals surface area contributed by atoms with Crippen molar-refractivity contribution >= 4 is 9.84 Å². The molecule has 0 radical (unpaired) electrons. The fourth-order valence-corrected chi connectivity index (χ4v) is 6.16. The number of benzene rings is 2. The van der Waals surface area contributed by atoms with Crippen molar-refractivity contribution in [3.63, 3.8) is 0 Å². The molecule has 2 aromatic heterocycles. The number of pyridine rings is 1. The Morgan fingerprint density at radius 2 is 1.80 bits per heavy atom. The Labute approximate surface area is 236 Å². The smallest absolute Gasteiger partial charge is 0.296 e. The molecule has 1 N–H and O–H groups in total. The molecule has 1 atom stereocenters. The molecule has 1 unspecified atom stereocenters. The number of halogens is 2. The van der Waals surface area contributed by atoms with Crippen molar-refractivity contribution in [3.05, 3.63) is 99.4 Å². The van der Waals surface area contributed by atoms with Crippen LogP contribution in [0.3, 0.4) is 0 Å². The molecule has 0 bridgehead atoms. The van der Waals surface area contributed by atoms with E-state index in [1.807, 2.05) is 13.0 Å². The monoisotopic (exact) mass is 578 g/mol. The van der Waals surface area contributed by atoms with Crippen molar-refractivity contribution in [1.29, 1.82) is 5.26 Å². The highest BCUT2D eigenvalue weighted by molar-refractivity contribution is 7.91. The summed E-state index contributed by atoms with van der Waals surface area (Å²) in [4.78, 5) is 19.6. The highest BCUT2D eigenvalue weighted by atomic mass is 32.2. The first-order chi connectivity index (χ1) is 19.5. The highest BCUT2D eigenvalue weighted by Gasteiger charge is 2.32. The Morgan fingerprint density at radius 1 is 1.10 bits per heavy atom. The van der Waals surface area contributed by atoms with Crippen LogP contribution < -0.4 is 5.56 Å². The summed E-state index contributed by atoms with van der Waals surface area (Å²) in [6.45, 7) is 5.23. The summed E-state index contributed by atoms with van der Waals surface area (Å²) in [5, 5.41) is 20.8. The fraction of sp³-hybridized carbons (Fsp3) is 0.267. The van der Waals surface area contributed by atoms with Gasteiger partial charge in [0.1, 0.15) is 11.6 Å². The van der Waals surface area contributed by atoms with E-state index in [9.17, 15) is 32.4 Å². The van der Waals surface area contributed by atoms with Gasteiger partial charge < -0.3 is 5.11 Å². The summed E-state index contributed by atoms with van der Waals surface area (Å²) in [5.74, 6) is -1.99. The summed E-state index contributed by atoms with van der Waals surface area (Å²) in [6.07, 6.45) is 3.16. The third-order valence-electron chi connectivity index (χ3n) is 6.91. The zero-order valence-electron chi connectivity index (χ0n) is 22.7. The van der Waals surface area contributed by atoms with Crippen LogP contribution in [0.25, 0.3) is 11.1 Å². The van der Waals surface area contributed by atoms with E-state index in [-0.39, 0.29) is 34.7 Å². The molecule has 2 aromatic carbocycles. The number of aryl methyl sites for hydroxylation is 1. The molecule has 2 heterocycles. The number of aromatic hydroxyl groups is 1. The molecule has 0 aliphatic carbocycles. The topological polar surface area (TPSA) is 126 Å². The lowest BCUT2D eigenvalue weighted by Gasteiger charge is -2.25. The van der Waals surface area contributed by atoms with E-state index in [1.54, 1.807) is 19.9 Å². The Morgan fingerprint density at radius 3 is 2.44 bits per heavy atom. The second kappa shape index (κ2) is 12.0. The second-order valence-corrected chi connectivity index (χ2v) is 11.5. The third kappa shape index (κ3) is 5.74. The zero-order chi connectivity index (χ0) is 29.9. The van der Waals surface area contributed by atoms with Gasteiger partial charge in [0.2, 0.25) is 21.7 Å². The number of hydrogen-bond donors (Lipinski definition) is 1. The van der Waals surface area contributed by atoms with Crippen molar-refractivity contribution in [2.75, 3.05) is 0 Å². The van der Waals surface area contributed by atoms with E-state index in [1.165, 1.54) is 47.2 Å². The standard InChI is InChI=1S/C30H28F2N4O4S/c1-4-6-7-26-35-29(37)27(30(38)36(26)25(5-2)21-14-19(17-33)15-22(31)16-21)41(39,40)23-10-8-20(9-11-23)24-12-13-34-28(32)18(24)3/h8-16,25,38H,4-7H2,1-3H3. The van der Waals surface area contributed by atoms with E-state index in [2.05, 4.69) is 9.97 Å². The molecule has 41 heavy (non-hydrogen) atoms. The molecule has 4 aromatic rings. The molecule has 0 aliphatic rings. The molecular formula is C30H28F2N4O4S. The van der Waals surface area contributed by atoms with Gasteiger partial charge in [0.25, 0.3) is 5.56 Å². The molecule has 0 saturated carbocycles. The number of sulfone groups is 1. The van der Waals surface area contributed by atoms with Gasteiger partial charge in [-0.1, -0.05) is 32.4 Å². The molecule has 0 spiro atoms. The molecule has 8 nitrogen and oxygen atoms in total. The van der Waals surface area contributed by atoms with Crippen LogP contribution in [-0.2, 0) is 16.3 Å². The van der Waals surface area contributed by atoms with Gasteiger partial charge >= 0.3 is 0 Å². The van der Waals surface area contributed by atoms with Gasteiger partial charge in [-0.25, -0.2) is 17.8 Å². The van der Waals surface area contributed by atoms with Crippen LogP contribution in [0.2, 0.25) is 0 Å². The summed E-state index contributed by atoms with van der Waals surface area (Å²) in [5.41, 5.74) is 0.592. The maximum absolute atomic E-state index is 14.4. The average Bonchev–Trinajstić information content (AvgIpc) is 2.94. The molecule has 4 rings (SSSR count). The van der Waals surface area contributed by atoms with Crippen molar-refractivity contribution in [2.24, 2.45) is 0 Å². The SMILES string of the molecule is CCCCc1nc(=O)c(S(=O)(=O)c2ccc(-c3ccnc(F)c3C)cc2)c(O)n1C(CC)c1cc(F)cc(C#N)c1. The van der Waals surface area contributed by atoms with Crippen molar-refractivity contribution in [3.8, 4) is 23.1 Å². The van der Waals surface area contributed by atoms with Gasteiger partial charge in [0.05, 0.1) is 22.6 Å². The number of nitrogens with zero attached hydrogens (tertiary/aromatic N) is 4. The average molecular weight is 579 g/mol. The Hall–Kier alpha value is -4.43. The van der Waals surface area contributed by atoms with Crippen LogP contribution >= 0.6 is 0 Å². The predicted molar refractivity (Wildman–Crippen MR) is 148 cm³/mol. The van der Waals surface area contributed by atoms with Gasteiger partial charge in [0, 0.05) is 18.2 Å². The Kier molecular flexibility index (Phi) is 8.63. The molecule has 11 heteroatoms. The van der Waals surface area contributed by atoms with Gasteiger partial charge in [-0.2, -0.15) is 14.6 Å². The summed E-state index contributed by atoms with van der Waals surface area (Å²) in [7, 11) is -4.58. The van der Waals surface area contributed by atoms with Crippen LogP contribution in [0.4, 0.5) is 8.78 Å². The zero-order valence-corrected chi connectivity index (χ0v) is 23.5. The minimum absolute atomic E-state index is 0.0549. The summed E-state index contributed by atoms with van der Waals surface area (Å²) in [6, 6.07) is 11.9. The molecule has 0 amide bonds. The first-order valence-corrected chi connectivity index (χ1v) is 14.5. The summed E-state index contributed by atoms with van der Waals surface area (Å²) >= 11 is 0. The number of nitriles is 1. The third-order valence-corrected chi connectivity index (χ3v) is 8.69. The Balaban J connectivity index is 1.89. The second-order valence-electron chi connectivity index (χ2n) is 9.57. The molecular weight excluding hydrogens is 550 g/mol. The van der Waals surface area contributed by atoms with Crippen molar-refractivity contribution in [1.82, 2.24) is 14.5 Å². The lowest BCUT2D eigenvalue weighted by Crippen LogP contribution is -2.27. The van der Waals surface area contributed by atoms with E-state index in [4.69, 9.17) is 0 Å². The lowest BCUT2D eigenvalue weighted by molar-refractivity contribution is 0.358. The minimum Gasteiger partial charge on any atom is -0.493 e. The van der Waals surface area contributed by atoms with Crippen LogP contribution in [0.5, 0.6) is 5.88 Å². The molecule has 0 saturated heterocycles. The van der Waals surface area contributed by atoms with Gasteiger partial charge in [-0.15, -0.1) is 0 Å². The largest absolute Gasteiger partial charge is 0.493 e. The number of hydrogen-bond acceptors (Lipinski definition) is 7. The number of unbranched alkanes of at least 4 members (excludes halogenated alkanes) is 1. The van der Waals surface area contributed by atoms with Crippen LogP contribution in [0.1, 0.15) is 61.7 Å². The Bertz CT molecular complexity index is 1810. The fourth-order valence-electron chi connectivity index (χ4n) is 4.81. The first-order valence-electron chi connectivity index (χ1n) is 13.0. The van der Waals surface area contributed by atoms with Gasteiger partial charge in [0.15, 0.2) is 4.90 Å². The molecule has 0 aliphatic heterocycles. The minimum atomic E-state index is -4.58. The van der Waals surface area contributed by atoms with Gasteiger partial charge in [-0.3, -0.25) is 9.36 Å². The van der Waals surface area contributed by atoms with Crippen molar-refractivity contribution < 1.29 is 22.3 Å². The van der Waals surface area contributed by atoms with E-state index < -0.39 is 44.0 Å². The van der Waals surface area contributed by atoms with E-state index in [0.29, 0.717) is 23.1 Å². The van der Waals surface area contributed by atoms with Crippen LogP contribution in [0, 0.1) is 30.0 Å². The van der Waals surface area contributed by atoms with Crippen molar-refractivity contribution in [2.45, 2.75) is 62.3 Å². The molecule has 212 valence electrons. The quantitative estimate of drug-likeness (QED) is 0.255. The van der Waals surface area contributed by atoms with Crippen LogP contribution in [0.15, 0.2) is 69.3 Å². The van der Waals surface area contributed by atoms with E-state index in [0.717, 1.165) is 12.5 Å². The van der Waals surface area contributed by atoms with E-state index >= 15 is 0 Å². The number of rotatable bonds is 9. The number of aromatic nitrogens is 3. The first kappa shape index (κ1) is 29.6. The van der Waals surface area contributed by atoms with Gasteiger partial charge in [-0.05, 0) is 72.9 Å². The maximum Gasteiger partial charge on any atom is 0.296 e. The predicted octanol–water partition coefficient (Wildman–Crippen LogP) is 5.64. The summed E-state index contributed by atoms with van der Waals surface area (Å²) < 4.78 is 57.1. The normalized spacial score (nSPS) is 12.2. The lowest BCUT2D eigenvalue weighted by atomic mass is 10.0. The highest BCUT2D eigenvalue weighted by Crippen LogP contribution is 2.34. The molecule has 0 fully saturated rings. The maximum atomic E-state index is 14.4.